The SMILES string of the molecule is O=C(O)CCCN1CCCCC1c1nc(-c2ccccc2)no1. The fraction of sp³-hybridized carbons (Fsp3) is 0.471. The Morgan fingerprint density at radius 1 is 1.30 bits per heavy atom. The molecule has 1 unspecified atom stereocenters. The zero-order valence-electron chi connectivity index (χ0n) is 13.0. The number of hydrogen-bond acceptors (Lipinski definition) is 5. The van der Waals surface area contributed by atoms with Crippen LogP contribution in [0.25, 0.3) is 11.4 Å². The van der Waals surface area contributed by atoms with Crippen LogP contribution in [0.2, 0.25) is 0 Å². The molecule has 0 spiro atoms. The number of aliphatic carboxylic acids is 1. The molecule has 0 aliphatic carbocycles. The fourth-order valence-electron chi connectivity index (χ4n) is 3.05. The molecule has 2 heterocycles. The maximum atomic E-state index is 10.7. The van der Waals surface area contributed by atoms with E-state index in [1.54, 1.807) is 0 Å². The molecule has 3 rings (SSSR count). The Morgan fingerprint density at radius 2 is 2.13 bits per heavy atom. The van der Waals surface area contributed by atoms with Crippen LogP contribution in [-0.4, -0.2) is 39.2 Å². The van der Waals surface area contributed by atoms with E-state index in [1.165, 1.54) is 0 Å². The Balaban J connectivity index is 1.70. The van der Waals surface area contributed by atoms with Crippen LogP contribution in [0.5, 0.6) is 0 Å². The molecule has 23 heavy (non-hydrogen) atoms. The highest BCUT2D eigenvalue weighted by molar-refractivity contribution is 5.66. The van der Waals surface area contributed by atoms with Gasteiger partial charge < -0.3 is 9.63 Å². The Hall–Kier alpha value is -2.21. The first-order valence-electron chi connectivity index (χ1n) is 8.09. The van der Waals surface area contributed by atoms with E-state index in [0.29, 0.717) is 18.1 Å². The van der Waals surface area contributed by atoms with Gasteiger partial charge in [0.1, 0.15) is 0 Å². The van der Waals surface area contributed by atoms with Crippen molar-refractivity contribution in [2.45, 2.75) is 38.1 Å². The van der Waals surface area contributed by atoms with Gasteiger partial charge in [-0.2, -0.15) is 4.98 Å². The number of benzene rings is 1. The quantitative estimate of drug-likeness (QED) is 0.882. The lowest BCUT2D eigenvalue weighted by molar-refractivity contribution is -0.137. The number of piperidine rings is 1. The summed E-state index contributed by atoms with van der Waals surface area (Å²) in [5.41, 5.74) is 0.940. The summed E-state index contributed by atoms with van der Waals surface area (Å²) in [6.07, 6.45) is 4.07. The average molecular weight is 315 g/mol. The maximum Gasteiger partial charge on any atom is 0.303 e. The molecule has 2 aromatic rings. The predicted molar refractivity (Wildman–Crippen MR) is 84.8 cm³/mol. The van der Waals surface area contributed by atoms with Crippen LogP contribution in [0.1, 0.15) is 44.0 Å². The summed E-state index contributed by atoms with van der Waals surface area (Å²) in [6.45, 7) is 1.70. The molecule has 1 fully saturated rings. The Bertz CT molecular complexity index is 642. The zero-order valence-corrected chi connectivity index (χ0v) is 13.0. The van der Waals surface area contributed by atoms with Gasteiger partial charge in [-0.1, -0.05) is 41.9 Å². The lowest BCUT2D eigenvalue weighted by Gasteiger charge is -2.33. The number of rotatable bonds is 6. The molecular weight excluding hydrogens is 294 g/mol. The molecule has 6 nitrogen and oxygen atoms in total. The van der Waals surface area contributed by atoms with Crippen molar-refractivity contribution in [3.63, 3.8) is 0 Å². The summed E-state index contributed by atoms with van der Waals surface area (Å²) in [4.78, 5) is 17.5. The third kappa shape index (κ3) is 3.96. The maximum absolute atomic E-state index is 10.7. The summed E-state index contributed by atoms with van der Waals surface area (Å²) in [7, 11) is 0. The minimum atomic E-state index is -0.747. The summed E-state index contributed by atoms with van der Waals surface area (Å²) in [5, 5.41) is 12.9. The second-order valence-corrected chi connectivity index (χ2v) is 5.87. The molecule has 1 aliphatic rings. The molecule has 1 aromatic carbocycles. The highest BCUT2D eigenvalue weighted by Crippen LogP contribution is 2.31. The van der Waals surface area contributed by atoms with Gasteiger partial charge in [-0.05, 0) is 32.4 Å². The van der Waals surface area contributed by atoms with Crippen LogP contribution in [0.4, 0.5) is 0 Å². The Kier molecular flexibility index (Phi) is 5.02. The summed E-state index contributed by atoms with van der Waals surface area (Å²) in [5.74, 6) is 0.498. The van der Waals surface area contributed by atoms with Gasteiger partial charge in [0, 0.05) is 12.0 Å². The molecule has 1 atom stereocenters. The van der Waals surface area contributed by atoms with Crippen LogP contribution in [0.3, 0.4) is 0 Å². The van der Waals surface area contributed by atoms with Gasteiger partial charge in [-0.3, -0.25) is 9.69 Å². The topological polar surface area (TPSA) is 79.5 Å². The van der Waals surface area contributed by atoms with Crippen molar-refractivity contribution in [1.29, 1.82) is 0 Å². The molecule has 1 aliphatic heterocycles. The third-order valence-corrected chi connectivity index (χ3v) is 4.21. The second-order valence-electron chi connectivity index (χ2n) is 5.87. The molecule has 6 heteroatoms. The number of carbonyl (C=O) groups is 1. The fourth-order valence-corrected chi connectivity index (χ4v) is 3.05. The minimum absolute atomic E-state index is 0.0995. The number of nitrogens with zero attached hydrogens (tertiary/aromatic N) is 3. The van der Waals surface area contributed by atoms with Crippen LogP contribution in [0.15, 0.2) is 34.9 Å². The predicted octanol–water partition coefficient (Wildman–Crippen LogP) is 3.13. The van der Waals surface area contributed by atoms with E-state index in [0.717, 1.165) is 37.9 Å². The molecule has 1 N–H and O–H groups in total. The van der Waals surface area contributed by atoms with Crippen LogP contribution < -0.4 is 0 Å². The van der Waals surface area contributed by atoms with Gasteiger partial charge in [0.15, 0.2) is 0 Å². The third-order valence-electron chi connectivity index (χ3n) is 4.21. The van der Waals surface area contributed by atoms with E-state index < -0.39 is 5.97 Å². The van der Waals surface area contributed by atoms with E-state index in [1.807, 2.05) is 30.3 Å². The van der Waals surface area contributed by atoms with E-state index in [2.05, 4.69) is 15.0 Å². The average Bonchev–Trinajstić information content (AvgIpc) is 3.06. The minimum Gasteiger partial charge on any atom is -0.481 e. The molecule has 1 aromatic heterocycles. The first kappa shape index (κ1) is 15.7. The van der Waals surface area contributed by atoms with Crippen LogP contribution >= 0.6 is 0 Å². The monoisotopic (exact) mass is 315 g/mol. The van der Waals surface area contributed by atoms with Crippen molar-refractivity contribution in [1.82, 2.24) is 15.0 Å². The van der Waals surface area contributed by atoms with Gasteiger partial charge >= 0.3 is 5.97 Å². The Labute approximate surface area is 135 Å². The van der Waals surface area contributed by atoms with Crippen molar-refractivity contribution in [3.8, 4) is 11.4 Å². The number of likely N-dealkylation sites (tertiary alicyclic amines) is 1. The lowest BCUT2D eigenvalue weighted by atomic mass is 10.0. The summed E-state index contributed by atoms with van der Waals surface area (Å²) < 4.78 is 5.50. The highest BCUT2D eigenvalue weighted by Gasteiger charge is 2.28. The van der Waals surface area contributed by atoms with E-state index in [4.69, 9.17) is 9.63 Å². The van der Waals surface area contributed by atoms with Crippen molar-refractivity contribution in [2.24, 2.45) is 0 Å². The van der Waals surface area contributed by atoms with Crippen LogP contribution in [0, 0.1) is 0 Å². The first-order valence-corrected chi connectivity index (χ1v) is 8.09. The van der Waals surface area contributed by atoms with Gasteiger partial charge in [-0.25, -0.2) is 0 Å². The van der Waals surface area contributed by atoms with Gasteiger partial charge in [-0.15, -0.1) is 0 Å². The van der Waals surface area contributed by atoms with Gasteiger partial charge in [0.2, 0.25) is 11.7 Å². The molecule has 1 saturated heterocycles. The number of hydrogen-bond donors (Lipinski definition) is 1. The van der Waals surface area contributed by atoms with E-state index in [9.17, 15) is 4.79 Å². The molecule has 122 valence electrons. The molecular formula is C17H21N3O3. The lowest BCUT2D eigenvalue weighted by Crippen LogP contribution is -2.34. The standard InChI is InChI=1S/C17H21N3O3/c21-15(22)10-6-12-20-11-5-4-9-14(20)17-18-16(19-23-17)13-7-2-1-3-8-13/h1-3,7-8,14H,4-6,9-12H2,(H,21,22). The Morgan fingerprint density at radius 3 is 2.91 bits per heavy atom. The number of carboxylic acids is 1. The number of aromatic nitrogens is 2. The van der Waals surface area contributed by atoms with E-state index >= 15 is 0 Å². The normalized spacial score (nSPS) is 18.9. The second kappa shape index (κ2) is 7.37. The summed E-state index contributed by atoms with van der Waals surface area (Å²) >= 11 is 0. The molecule has 0 radical (unpaired) electrons. The number of carboxylic acid groups (broad SMARTS) is 1. The highest BCUT2D eigenvalue weighted by atomic mass is 16.5. The van der Waals surface area contributed by atoms with Gasteiger partial charge in [0.05, 0.1) is 6.04 Å². The van der Waals surface area contributed by atoms with Crippen molar-refractivity contribution in [3.05, 3.63) is 36.2 Å². The first-order chi connectivity index (χ1) is 11.2. The molecule has 0 saturated carbocycles. The zero-order chi connectivity index (χ0) is 16.1. The molecule has 0 bridgehead atoms. The van der Waals surface area contributed by atoms with Gasteiger partial charge in [0.25, 0.3) is 0 Å². The van der Waals surface area contributed by atoms with Crippen LogP contribution in [-0.2, 0) is 4.79 Å². The smallest absolute Gasteiger partial charge is 0.303 e. The van der Waals surface area contributed by atoms with Crippen molar-refractivity contribution < 1.29 is 14.4 Å². The van der Waals surface area contributed by atoms with E-state index in [-0.39, 0.29) is 12.5 Å². The van der Waals surface area contributed by atoms with Crippen molar-refractivity contribution in [2.75, 3.05) is 13.1 Å². The summed E-state index contributed by atoms with van der Waals surface area (Å²) in [6, 6.07) is 9.87. The molecule has 0 amide bonds. The largest absolute Gasteiger partial charge is 0.481 e. The van der Waals surface area contributed by atoms with Crippen molar-refractivity contribution >= 4 is 5.97 Å².